The fourth-order valence-corrected chi connectivity index (χ4v) is 9.45. The molecule has 0 bridgehead atoms. The highest BCUT2D eigenvalue weighted by Crippen LogP contribution is 2.67. The molecule has 6 unspecified atom stereocenters. The van der Waals surface area contributed by atoms with Crippen LogP contribution < -0.4 is 9.64 Å². The van der Waals surface area contributed by atoms with Gasteiger partial charge in [-0.25, -0.2) is 26.9 Å². The summed E-state index contributed by atoms with van der Waals surface area (Å²) in [4.78, 5) is 52.2. The van der Waals surface area contributed by atoms with Gasteiger partial charge in [0.2, 0.25) is 17.6 Å². The summed E-state index contributed by atoms with van der Waals surface area (Å²) in [5, 5.41) is 11.1. The molecule has 48 heavy (non-hydrogen) atoms. The van der Waals surface area contributed by atoms with Crippen LogP contribution in [0.15, 0.2) is 29.8 Å². The first-order valence-electron chi connectivity index (χ1n) is 15.4. The van der Waals surface area contributed by atoms with Gasteiger partial charge in [0.25, 0.3) is 11.8 Å². The molecule has 1 N–H and O–H groups in total. The van der Waals surface area contributed by atoms with Crippen molar-refractivity contribution in [2.75, 3.05) is 12.0 Å². The van der Waals surface area contributed by atoms with Crippen LogP contribution in [0.2, 0.25) is 0 Å². The summed E-state index contributed by atoms with van der Waals surface area (Å²) in [5.74, 6) is -21.3. The zero-order valence-electron chi connectivity index (χ0n) is 25.2. The third-order valence-electron chi connectivity index (χ3n) is 10.7. The lowest BCUT2D eigenvalue weighted by molar-refractivity contribution is -0.143. The number of carbonyl (C=O) groups is 4. The number of imide groups is 2. The Kier molecular flexibility index (Phi) is 7.63. The Morgan fingerprint density at radius 3 is 2.10 bits per heavy atom. The molecule has 5 aliphatic rings. The van der Waals surface area contributed by atoms with Gasteiger partial charge >= 0.3 is 0 Å². The lowest BCUT2D eigenvalue weighted by atomic mass is 9.56. The van der Waals surface area contributed by atoms with E-state index in [0.29, 0.717) is 12.8 Å². The fraction of sp³-hybridized carbons (Fsp3) is 0.455. The van der Waals surface area contributed by atoms with E-state index < -0.39 is 104 Å². The van der Waals surface area contributed by atoms with Crippen LogP contribution >= 0.6 is 23.2 Å². The molecule has 0 spiro atoms. The summed E-state index contributed by atoms with van der Waals surface area (Å²) in [6, 6.07) is 3.55. The summed E-state index contributed by atoms with van der Waals surface area (Å²) in [5.41, 5.74) is -1.74. The van der Waals surface area contributed by atoms with Crippen LogP contribution in [-0.2, 0) is 19.2 Å². The van der Waals surface area contributed by atoms with E-state index in [2.05, 4.69) is 0 Å². The number of phenols is 1. The van der Waals surface area contributed by atoms with Crippen molar-refractivity contribution in [3.8, 4) is 11.5 Å². The molecule has 254 valence electrons. The summed E-state index contributed by atoms with van der Waals surface area (Å²) in [6.07, 6.45) is 4.85. The predicted molar refractivity (Wildman–Crippen MR) is 160 cm³/mol. The lowest BCUT2D eigenvalue weighted by Gasteiger charge is -2.50. The SMILES string of the molecule is COc1ccc(O)c(C2C3=CCC4C(=O)N(C5CCCCC5)C(=O)C4C3CC3(Cl)C(=O)N(c4c(F)c(F)c(F)c(F)c4F)C(=O)C23Cl)c1. The number of hydrogen-bond donors (Lipinski definition) is 1. The minimum Gasteiger partial charge on any atom is -0.508 e. The zero-order chi connectivity index (χ0) is 34.6. The fourth-order valence-electron chi connectivity index (χ4n) is 8.53. The Hall–Kier alpha value is -3.71. The normalized spacial score (nSPS) is 32.0. The van der Waals surface area contributed by atoms with Crippen molar-refractivity contribution < 1.29 is 51.0 Å². The number of hydrogen-bond acceptors (Lipinski definition) is 6. The molecule has 2 heterocycles. The van der Waals surface area contributed by atoms with Gasteiger partial charge in [-0.2, -0.15) is 0 Å². The maximum atomic E-state index is 15.2. The maximum absolute atomic E-state index is 15.2. The van der Waals surface area contributed by atoms with Crippen LogP contribution in [0.5, 0.6) is 11.5 Å². The van der Waals surface area contributed by atoms with E-state index >= 15 is 8.78 Å². The summed E-state index contributed by atoms with van der Waals surface area (Å²) in [6.45, 7) is 0. The van der Waals surface area contributed by atoms with E-state index in [9.17, 15) is 37.5 Å². The number of aromatic hydroxyl groups is 1. The van der Waals surface area contributed by atoms with Gasteiger partial charge in [-0.3, -0.25) is 24.1 Å². The van der Waals surface area contributed by atoms with Gasteiger partial charge in [-0.05, 0) is 49.8 Å². The summed E-state index contributed by atoms with van der Waals surface area (Å²) >= 11 is 14.2. The number of methoxy groups -OCH3 is 1. The second kappa shape index (κ2) is 11.2. The monoisotopic (exact) mass is 712 g/mol. The molecule has 6 atom stereocenters. The largest absolute Gasteiger partial charge is 0.508 e. The third kappa shape index (κ3) is 4.12. The van der Waals surface area contributed by atoms with Crippen LogP contribution in [0.3, 0.4) is 0 Å². The minimum absolute atomic E-state index is 0.0251. The van der Waals surface area contributed by atoms with Crippen LogP contribution in [0, 0.1) is 46.8 Å². The quantitative estimate of drug-likeness (QED) is 0.104. The Labute approximate surface area is 280 Å². The highest BCUT2D eigenvalue weighted by molar-refractivity contribution is 6.58. The minimum atomic E-state index is -2.74. The zero-order valence-corrected chi connectivity index (χ0v) is 26.7. The van der Waals surface area contributed by atoms with Crippen LogP contribution in [0.4, 0.5) is 27.6 Å². The van der Waals surface area contributed by atoms with E-state index in [0.717, 1.165) is 19.3 Å². The molecule has 4 amide bonds. The molecule has 3 aliphatic carbocycles. The molecule has 0 radical (unpaired) electrons. The second-order valence-electron chi connectivity index (χ2n) is 13.0. The lowest BCUT2D eigenvalue weighted by Crippen LogP contribution is -2.60. The Bertz CT molecular complexity index is 1820. The topological polar surface area (TPSA) is 104 Å². The van der Waals surface area contributed by atoms with Crippen molar-refractivity contribution in [2.24, 2.45) is 17.8 Å². The molecule has 7 rings (SSSR count). The molecule has 15 heteroatoms. The van der Waals surface area contributed by atoms with Crippen molar-refractivity contribution in [3.05, 3.63) is 64.5 Å². The van der Waals surface area contributed by atoms with E-state index in [-0.39, 0.29) is 34.2 Å². The van der Waals surface area contributed by atoms with Gasteiger partial charge in [-0.1, -0.05) is 30.9 Å². The number of allylic oxidation sites excluding steroid dienone is 2. The van der Waals surface area contributed by atoms with Gasteiger partial charge in [0.1, 0.15) is 17.2 Å². The first kappa shape index (κ1) is 32.8. The van der Waals surface area contributed by atoms with E-state index in [1.54, 1.807) is 6.08 Å². The molecular formula is C33H27Cl2F5N2O6. The number of anilines is 1. The molecule has 2 aliphatic heterocycles. The number of carbonyl (C=O) groups excluding carboxylic acids is 4. The van der Waals surface area contributed by atoms with Gasteiger partial charge in [0, 0.05) is 17.5 Å². The van der Waals surface area contributed by atoms with Crippen molar-refractivity contribution in [3.63, 3.8) is 0 Å². The van der Waals surface area contributed by atoms with Crippen LogP contribution in [-0.4, -0.2) is 56.5 Å². The van der Waals surface area contributed by atoms with Gasteiger partial charge in [-0.15, -0.1) is 23.2 Å². The molecule has 0 aromatic heterocycles. The standard InChI is InChI=1S/C33H27Cl2F5N2O6/c1-48-14-7-10-19(43)17(11-14)21-15-8-9-16-20(29(45)41(28(16)44)13-5-3-2-4-6-13)18(15)12-32(34)30(46)42(31(47)33(21,32)35)27-25(39)23(37)22(36)24(38)26(27)40/h7-8,10-11,13,16,18,20-21,43H,2-6,9,12H2,1H3. The number of phenolic OH excluding ortho intramolecular Hbond substituents is 1. The number of likely N-dealkylation sites (tertiary alicyclic amines) is 1. The second-order valence-corrected chi connectivity index (χ2v) is 14.2. The summed E-state index contributed by atoms with van der Waals surface area (Å²) in [7, 11) is 1.31. The Morgan fingerprint density at radius 1 is 0.854 bits per heavy atom. The van der Waals surface area contributed by atoms with Crippen molar-refractivity contribution in [1.29, 1.82) is 0 Å². The number of alkyl halides is 2. The number of fused-ring (bicyclic) bond motifs is 4. The first-order valence-corrected chi connectivity index (χ1v) is 16.2. The van der Waals surface area contributed by atoms with Gasteiger partial charge in [0.05, 0.1) is 18.9 Å². The Morgan fingerprint density at radius 2 is 1.48 bits per heavy atom. The summed E-state index contributed by atoms with van der Waals surface area (Å²) < 4.78 is 78.5. The number of amides is 4. The maximum Gasteiger partial charge on any atom is 0.258 e. The molecule has 4 fully saturated rings. The van der Waals surface area contributed by atoms with Crippen LogP contribution in [0.25, 0.3) is 0 Å². The molecule has 8 nitrogen and oxygen atoms in total. The smallest absolute Gasteiger partial charge is 0.258 e. The molecule has 2 aromatic carbocycles. The van der Waals surface area contributed by atoms with Crippen molar-refractivity contribution >= 4 is 52.5 Å². The van der Waals surface area contributed by atoms with Gasteiger partial charge < -0.3 is 9.84 Å². The average molecular weight is 713 g/mol. The number of rotatable bonds is 4. The number of ether oxygens (including phenoxy) is 1. The highest BCUT2D eigenvalue weighted by Gasteiger charge is 2.77. The van der Waals surface area contributed by atoms with E-state index in [1.165, 1.54) is 30.2 Å². The Balaban J connectivity index is 1.43. The number of benzene rings is 2. The molecule has 2 aromatic rings. The first-order chi connectivity index (χ1) is 22.7. The van der Waals surface area contributed by atoms with Crippen molar-refractivity contribution in [1.82, 2.24) is 4.90 Å². The molecule has 2 saturated carbocycles. The van der Waals surface area contributed by atoms with Crippen molar-refractivity contribution in [2.45, 2.75) is 66.7 Å². The highest BCUT2D eigenvalue weighted by atomic mass is 35.5. The number of halogens is 7. The molecular weight excluding hydrogens is 686 g/mol. The van der Waals surface area contributed by atoms with E-state index in [1.807, 2.05) is 0 Å². The van der Waals surface area contributed by atoms with Crippen LogP contribution in [0.1, 0.15) is 56.4 Å². The van der Waals surface area contributed by atoms with E-state index in [4.69, 9.17) is 27.9 Å². The molecule has 2 saturated heterocycles. The number of nitrogens with zero attached hydrogens (tertiary/aromatic N) is 2. The van der Waals surface area contributed by atoms with Gasteiger partial charge in [0.15, 0.2) is 33.0 Å². The third-order valence-corrected chi connectivity index (χ3v) is 12.2. The average Bonchev–Trinajstić information content (AvgIpc) is 3.42. The predicted octanol–water partition coefficient (Wildman–Crippen LogP) is 5.99.